The van der Waals surface area contributed by atoms with Gasteiger partial charge in [0, 0.05) is 30.8 Å². The number of anilines is 2. The molecule has 0 spiro atoms. The number of methoxy groups -OCH3 is 1. The smallest absolute Gasteiger partial charge is 0.276 e. The molecule has 2 aromatic carbocycles. The summed E-state index contributed by atoms with van der Waals surface area (Å²) >= 11 is 1.29. The number of fused-ring (bicyclic) bond motifs is 2. The molecule has 6 rings (SSSR count). The predicted molar refractivity (Wildman–Crippen MR) is 221 cm³/mol. The van der Waals surface area contributed by atoms with Crippen molar-refractivity contribution in [2.75, 3.05) is 37.9 Å². The van der Waals surface area contributed by atoms with E-state index in [-0.39, 0.29) is 42.0 Å². The van der Waals surface area contributed by atoms with Crippen molar-refractivity contribution in [1.82, 2.24) is 39.2 Å². The topological polar surface area (TPSA) is 241 Å². The molecule has 0 bridgehead atoms. The summed E-state index contributed by atoms with van der Waals surface area (Å²) in [5, 5.41) is 14.1. The van der Waals surface area contributed by atoms with Crippen molar-refractivity contribution in [2.45, 2.75) is 60.2 Å². The molecule has 304 valence electrons. The second-order valence-corrected chi connectivity index (χ2v) is 14.4. The molecule has 0 saturated carbocycles. The Hall–Kier alpha value is -6.60. The largest absolute Gasteiger partial charge is 0.494 e. The maximum absolute atomic E-state index is 13.7. The lowest BCUT2D eigenvalue weighted by atomic mass is 10.1. The van der Waals surface area contributed by atoms with E-state index in [9.17, 15) is 19.2 Å². The van der Waals surface area contributed by atoms with Crippen molar-refractivity contribution >= 4 is 68.9 Å². The van der Waals surface area contributed by atoms with Gasteiger partial charge in [0.1, 0.15) is 33.1 Å². The number of ether oxygens (including phenoxy) is 2. The number of allylic oxidation sites excluding steroid dienone is 2. The lowest BCUT2D eigenvalue weighted by molar-refractivity contribution is 0.0991. The summed E-state index contributed by atoms with van der Waals surface area (Å²) in [6.45, 7) is 9.35. The number of nitrogens with two attached hydrogens (primary N) is 2. The molecular weight excluding hydrogens is 765 g/mol. The van der Waals surface area contributed by atoms with Crippen LogP contribution in [0.15, 0.2) is 42.5 Å². The summed E-state index contributed by atoms with van der Waals surface area (Å²) in [5.74, 6) is -1.03. The van der Waals surface area contributed by atoms with Crippen LogP contribution in [-0.4, -0.2) is 84.8 Å². The number of nitrogens with zero attached hydrogens (tertiary/aromatic N) is 7. The van der Waals surface area contributed by atoms with Crippen LogP contribution < -0.4 is 36.9 Å². The van der Waals surface area contributed by atoms with Crippen LogP contribution in [0.2, 0.25) is 0 Å². The van der Waals surface area contributed by atoms with Gasteiger partial charge in [-0.25, -0.2) is 15.0 Å². The molecule has 0 fully saturated rings. The average Bonchev–Trinajstić information content (AvgIpc) is 3.96. The van der Waals surface area contributed by atoms with Crippen molar-refractivity contribution in [1.29, 1.82) is 0 Å². The number of rotatable bonds is 18. The van der Waals surface area contributed by atoms with Gasteiger partial charge in [0.15, 0.2) is 0 Å². The summed E-state index contributed by atoms with van der Waals surface area (Å²) < 4.78 is 17.0. The van der Waals surface area contributed by atoms with E-state index in [1.807, 2.05) is 40.0 Å². The van der Waals surface area contributed by atoms with Crippen LogP contribution >= 0.6 is 11.3 Å². The van der Waals surface area contributed by atoms with Crippen molar-refractivity contribution in [3.63, 3.8) is 0 Å². The maximum atomic E-state index is 13.7. The average molecular weight is 811 g/mol. The lowest BCUT2D eigenvalue weighted by Gasteiger charge is -2.13. The van der Waals surface area contributed by atoms with Gasteiger partial charge in [-0.15, -0.1) is 11.3 Å². The van der Waals surface area contributed by atoms with E-state index in [2.05, 4.69) is 31.0 Å². The van der Waals surface area contributed by atoms with Gasteiger partial charge in [0.05, 0.1) is 41.1 Å². The first-order chi connectivity index (χ1) is 27.9. The molecule has 0 radical (unpaired) electrons. The van der Waals surface area contributed by atoms with Gasteiger partial charge in [0.2, 0.25) is 23.7 Å². The molecule has 0 aliphatic heterocycles. The fraction of sp³-hybridized carbons (Fsp3) is 0.333. The fourth-order valence-corrected chi connectivity index (χ4v) is 7.43. The van der Waals surface area contributed by atoms with Gasteiger partial charge in [-0.1, -0.05) is 19.1 Å². The number of benzene rings is 2. The van der Waals surface area contributed by atoms with Gasteiger partial charge in [-0.05, 0) is 77.5 Å². The van der Waals surface area contributed by atoms with Crippen molar-refractivity contribution < 1.29 is 28.7 Å². The van der Waals surface area contributed by atoms with Crippen LogP contribution in [0.25, 0.3) is 22.1 Å². The summed E-state index contributed by atoms with van der Waals surface area (Å²) in [6, 6.07) is 7.88. The molecule has 7 N–H and O–H groups in total. The van der Waals surface area contributed by atoms with Crippen LogP contribution in [-0.2, 0) is 26.1 Å². The van der Waals surface area contributed by atoms with Crippen molar-refractivity contribution in [3.8, 4) is 11.5 Å². The number of thiazole rings is 1. The number of imidazole rings is 2. The normalized spacial score (nSPS) is 11.5. The molecule has 0 atom stereocenters. The minimum atomic E-state index is -0.664. The number of aryl methyl sites for hydroxylation is 4. The molecule has 18 nitrogen and oxygen atoms in total. The Balaban J connectivity index is 1.41. The third-order valence-electron chi connectivity index (χ3n) is 9.20. The van der Waals surface area contributed by atoms with E-state index in [1.54, 1.807) is 38.9 Å². The summed E-state index contributed by atoms with van der Waals surface area (Å²) in [5.41, 5.74) is 15.2. The zero-order chi connectivity index (χ0) is 41.7. The van der Waals surface area contributed by atoms with Crippen LogP contribution in [0.3, 0.4) is 0 Å². The zero-order valence-corrected chi connectivity index (χ0v) is 34.0. The van der Waals surface area contributed by atoms with Crippen molar-refractivity contribution in [3.05, 3.63) is 80.6 Å². The molecule has 4 amide bonds. The molecule has 0 aliphatic rings. The Bertz CT molecular complexity index is 2560. The number of primary amides is 2. The third-order valence-corrected chi connectivity index (χ3v) is 10.2. The molecular formula is C39H46N12O6S. The second-order valence-electron chi connectivity index (χ2n) is 13.2. The minimum Gasteiger partial charge on any atom is -0.494 e. The van der Waals surface area contributed by atoms with E-state index in [4.69, 9.17) is 25.9 Å². The van der Waals surface area contributed by atoms with Crippen molar-refractivity contribution in [2.24, 2.45) is 11.5 Å². The van der Waals surface area contributed by atoms with Gasteiger partial charge in [-0.2, -0.15) is 5.10 Å². The first-order valence-corrected chi connectivity index (χ1v) is 19.5. The third kappa shape index (κ3) is 8.54. The van der Waals surface area contributed by atoms with Crippen LogP contribution in [0.5, 0.6) is 11.5 Å². The summed E-state index contributed by atoms with van der Waals surface area (Å²) in [4.78, 5) is 66.3. The number of aromatic nitrogens is 7. The predicted octanol–water partition coefficient (Wildman–Crippen LogP) is 4.19. The number of hydrogen-bond acceptors (Lipinski definition) is 12. The number of carbonyl (C=O) groups is 4. The quantitative estimate of drug-likeness (QED) is 0.0609. The Morgan fingerprint density at radius 2 is 1.41 bits per heavy atom. The highest BCUT2D eigenvalue weighted by molar-refractivity contribution is 7.13. The highest BCUT2D eigenvalue weighted by Gasteiger charge is 2.24. The van der Waals surface area contributed by atoms with Crippen LogP contribution in [0.4, 0.5) is 11.9 Å². The SMILES string of the molecule is CCc1nc(C)sc1C(=O)Nc1nc2cc(C(N)=O)cc(OCCCNC)c2n1C/C=C/Cn1c(NC(=O)c2cc(C)nn2CC)nc2cc(C(N)=O)cc(OC)c21. The van der Waals surface area contributed by atoms with E-state index < -0.39 is 17.7 Å². The standard InChI is InChI=1S/C39H46N12O6S/c1-7-25-33(58-22(4)43-25)37(55)47-39-45-27-18-24(35(41)53)20-30(57-15-11-12-42-5)32(27)50(39)14-10-9-13-49-31-26(17-23(34(40)52)19-29(31)56-6)44-38(49)46-36(54)28-16-21(3)48-51(28)8-2/h9-10,16-20,42H,7-8,11-15H2,1-6H3,(H2,40,52)(H2,41,53)(H,44,46,54)(H,45,47,55)/b10-9+. The summed E-state index contributed by atoms with van der Waals surface area (Å²) in [6.07, 6.45) is 4.96. The van der Waals surface area contributed by atoms with E-state index in [0.717, 1.165) is 5.01 Å². The Morgan fingerprint density at radius 1 is 0.828 bits per heavy atom. The molecule has 6 aromatic rings. The fourth-order valence-electron chi connectivity index (χ4n) is 6.53. The Kier molecular flexibility index (Phi) is 12.5. The number of carbonyl (C=O) groups excluding carboxylic acids is 4. The van der Waals surface area contributed by atoms with Gasteiger partial charge in [-0.3, -0.25) is 34.5 Å². The molecule has 4 heterocycles. The summed E-state index contributed by atoms with van der Waals surface area (Å²) in [7, 11) is 3.31. The first kappa shape index (κ1) is 41.0. The van der Waals surface area contributed by atoms with Crippen LogP contribution in [0.1, 0.15) is 77.5 Å². The monoisotopic (exact) mass is 810 g/mol. The molecule has 19 heteroatoms. The number of hydrogen-bond donors (Lipinski definition) is 5. The lowest BCUT2D eigenvalue weighted by Crippen LogP contribution is -2.20. The molecule has 0 saturated heterocycles. The van der Waals surface area contributed by atoms with Gasteiger partial charge < -0.3 is 35.4 Å². The molecule has 4 aromatic heterocycles. The molecule has 0 unspecified atom stereocenters. The van der Waals surface area contributed by atoms with E-state index >= 15 is 0 Å². The molecule has 0 aliphatic carbocycles. The second kappa shape index (κ2) is 17.7. The highest BCUT2D eigenvalue weighted by Crippen LogP contribution is 2.33. The Labute approximate surface area is 337 Å². The number of nitrogens with one attached hydrogen (secondary N) is 3. The number of amides is 4. The molecule has 58 heavy (non-hydrogen) atoms. The van der Waals surface area contributed by atoms with Crippen LogP contribution in [0, 0.1) is 13.8 Å². The first-order valence-electron chi connectivity index (χ1n) is 18.6. The van der Waals surface area contributed by atoms with E-state index in [0.29, 0.717) is 88.1 Å². The maximum Gasteiger partial charge on any atom is 0.276 e. The Morgan fingerprint density at radius 3 is 1.97 bits per heavy atom. The minimum absolute atomic E-state index is 0.179. The van der Waals surface area contributed by atoms with Gasteiger partial charge in [0.25, 0.3) is 11.8 Å². The van der Waals surface area contributed by atoms with Gasteiger partial charge >= 0.3 is 0 Å². The highest BCUT2D eigenvalue weighted by atomic mass is 32.1. The van der Waals surface area contributed by atoms with E-state index in [1.165, 1.54) is 30.6 Å². The zero-order valence-electron chi connectivity index (χ0n) is 33.1.